The van der Waals surface area contributed by atoms with Crippen molar-refractivity contribution in [1.82, 2.24) is 10.2 Å². The van der Waals surface area contributed by atoms with Crippen molar-refractivity contribution < 1.29 is 0 Å². The van der Waals surface area contributed by atoms with Crippen LogP contribution in [0.15, 0.2) is 0 Å². The lowest BCUT2D eigenvalue weighted by Crippen LogP contribution is -2.56. The molecule has 0 radical (unpaired) electrons. The van der Waals surface area contributed by atoms with Crippen LogP contribution in [0.1, 0.15) is 66.2 Å². The molecule has 1 aliphatic carbocycles. The SMILES string of the molecule is CCCNC1(C#N)CCCC(N(C)C(C)(C)CC)C1. The first kappa shape index (κ1) is 16.5. The molecular formula is C16H31N3. The molecule has 0 aliphatic heterocycles. The Morgan fingerprint density at radius 2 is 2.11 bits per heavy atom. The Kier molecular flexibility index (Phi) is 5.82. The van der Waals surface area contributed by atoms with E-state index in [4.69, 9.17) is 0 Å². The van der Waals surface area contributed by atoms with Gasteiger partial charge < -0.3 is 0 Å². The summed E-state index contributed by atoms with van der Waals surface area (Å²) in [5, 5.41) is 13.1. The largest absolute Gasteiger partial charge is 0.299 e. The maximum absolute atomic E-state index is 9.60. The number of nitrogens with zero attached hydrogens (tertiary/aromatic N) is 2. The highest BCUT2D eigenvalue weighted by molar-refractivity contribution is 5.11. The van der Waals surface area contributed by atoms with Gasteiger partial charge in [-0.2, -0.15) is 5.26 Å². The van der Waals surface area contributed by atoms with E-state index in [1.54, 1.807) is 0 Å². The fourth-order valence-electron chi connectivity index (χ4n) is 2.99. The summed E-state index contributed by atoms with van der Waals surface area (Å²) in [5.41, 5.74) is -0.0784. The molecule has 3 nitrogen and oxygen atoms in total. The molecule has 0 amide bonds. The van der Waals surface area contributed by atoms with Gasteiger partial charge in [0.25, 0.3) is 0 Å². The number of nitrogens with one attached hydrogen (secondary N) is 1. The zero-order valence-electron chi connectivity index (χ0n) is 13.4. The topological polar surface area (TPSA) is 39.1 Å². The van der Waals surface area contributed by atoms with Crippen LogP contribution < -0.4 is 5.32 Å². The van der Waals surface area contributed by atoms with Crippen molar-refractivity contribution in [2.75, 3.05) is 13.6 Å². The Morgan fingerprint density at radius 1 is 1.42 bits per heavy atom. The summed E-state index contributed by atoms with van der Waals surface area (Å²) in [6, 6.07) is 3.09. The molecule has 0 aromatic heterocycles. The summed E-state index contributed by atoms with van der Waals surface area (Å²) in [5.74, 6) is 0. The van der Waals surface area contributed by atoms with Crippen molar-refractivity contribution in [3.63, 3.8) is 0 Å². The third-order valence-corrected chi connectivity index (χ3v) is 5.02. The molecule has 1 rings (SSSR count). The van der Waals surface area contributed by atoms with E-state index in [0.29, 0.717) is 6.04 Å². The molecule has 19 heavy (non-hydrogen) atoms. The minimum Gasteiger partial charge on any atom is -0.299 e. The molecular weight excluding hydrogens is 234 g/mol. The van der Waals surface area contributed by atoms with Crippen LogP contribution in [0.2, 0.25) is 0 Å². The molecule has 1 aliphatic rings. The van der Waals surface area contributed by atoms with Crippen LogP contribution in [0.4, 0.5) is 0 Å². The first-order chi connectivity index (χ1) is 8.90. The molecule has 1 fully saturated rings. The molecule has 0 heterocycles. The number of nitriles is 1. The van der Waals surface area contributed by atoms with E-state index in [2.05, 4.69) is 51.0 Å². The standard InChI is InChI=1S/C16H31N3/c1-6-11-18-16(13-17)10-8-9-14(12-16)19(5)15(3,4)7-2/h14,18H,6-12H2,1-5H3. The van der Waals surface area contributed by atoms with Crippen molar-refractivity contribution in [3.05, 3.63) is 0 Å². The fraction of sp³-hybridized carbons (Fsp3) is 0.938. The fourth-order valence-corrected chi connectivity index (χ4v) is 2.99. The first-order valence-electron chi connectivity index (χ1n) is 7.80. The van der Waals surface area contributed by atoms with Gasteiger partial charge in [0.15, 0.2) is 0 Å². The van der Waals surface area contributed by atoms with Gasteiger partial charge in [0.2, 0.25) is 0 Å². The Balaban J connectivity index is 2.75. The minimum absolute atomic E-state index is 0.216. The smallest absolute Gasteiger partial charge is 0.108 e. The Morgan fingerprint density at radius 3 is 2.63 bits per heavy atom. The predicted molar refractivity (Wildman–Crippen MR) is 81.0 cm³/mol. The van der Waals surface area contributed by atoms with Gasteiger partial charge in [0, 0.05) is 11.6 Å². The van der Waals surface area contributed by atoms with E-state index in [9.17, 15) is 5.26 Å². The van der Waals surface area contributed by atoms with Crippen molar-refractivity contribution in [3.8, 4) is 6.07 Å². The van der Waals surface area contributed by atoms with Gasteiger partial charge in [0.05, 0.1) is 6.07 Å². The van der Waals surface area contributed by atoms with Crippen molar-refractivity contribution >= 4 is 0 Å². The number of hydrogen-bond acceptors (Lipinski definition) is 3. The summed E-state index contributed by atoms with van der Waals surface area (Å²) in [4.78, 5) is 2.49. The third kappa shape index (κ3) is 3.94. The van der Waals surface area contributed by atoms with Gasteiger partial charge >= 0.3 is 0 Å². The van der Waals surface area contributed by atoms with Crippen molar-refractivity contribution in [2.45, 2.75) is 83.3 Å². The van der Waals surface area contributed by atoms with E-state index in [-0.39, 0.29) is 11.1 Å². The Bertz CT molecular complexity index is 318. The highest BCUT2D eigenvalue weighted by Crippen LogP contribution is 2.33. The number of hydrogen-bond donors (Lipinski definition) is 1. The summed E-state index contributed by atoms with van der Waals surface area (Å²) in [6.07, 6.45) is 6.56. The lowest BCUT2D eigenvalue weighted by molar-refractivity contribution is 0.0559. The maximum atomic E-state index is 9.60. The van der Waals surface area contributed by atoms with E-state index in [1.807, 2.05) is 0 Å². The van der Waals surface area contributed by atoms with Gasteiger partial charge in [0.1, 0.15) is 5.54 Å². The third-order valence-electron chi connectivity index (χ3n) is 5.02. The predicted octanol–water partition coefficient (Wildman–Crippen LogP) is 3.31. The quantitative estimate of drug-likeness (QED) is 0.801. The van der Waals surface area contributed by atoms with Gasteiger partial charge in [-0.3, -0.25) is 10.2 Å². The molecule has 110 valence electrons. The summed E-state index contributed by atoms with van der Waals surface area (Å²) in [6.45, 7) is 9.95. The second-order valence-electron chi connectivity index (χ2n) is 6.65. The van der Waals surface area contributed by atoms with E-state index in [0.717, 1.165) is 38.6 Å². The normalized spacial score (nSPS) is 28.4. The maximum Gasteiger partial charge on any atom is 0.108 e. The second kappa shape index (κ2) is 6.72. The Hall–Kier alpha value is -0.590. The lowest BCUT2D eigenvalue weighted by atomic mass is 9.78. The van der Waals surface area contributed by atoms with Crippen LogP contribution in [-0.4, -0.2) is 35.6 Å². The highest BCUT2D eigenvalue weighted by Gasteiger charge is 2.39. The summed E-state index contributed by atoms with van der Waals surface area (Å²) in [7, 11) is 2.22. The van der Waals surface area contributed by atoms with E-state index >= 15 is 0 Å². The van der Waals surface area contributed by atoms with Crippen molar-refractivity contribution in [2.24, 2.45) is 0 Å². The van der Waals surface area contributed by atoms with Crippen LogP contribution in [-0.2, 0) is 0 Å². The zero-order valence-corrected chi connectivity index (χ0v) is 13.4. The average molecular weight is 265 g/mol. The summed E-state index contributed by atoms with van der Waals surface area (Å²) >= 11 is 0. The molecule has 0 aromatic rings. The van der Waals surface area contributed by atoms with Crippen LogP contribution in [0.25, 0.3) is 0 Å². The molecule has 0 aromatic carbocycles. The van der Waals surface area contributed by atoms with Crippen LogP contribution in [0.5, 0.6) is 0 Å². The molecule has 0 saturated heterocycles. The zero-order chi connectivity index (χ0) is 14.5. The van der Waals surface area contributed by atoms with Gasteiger partial charge in [-0.05, 0) is 66.0 Å². The minimum atomic E-state index is -0.295. The highest BCUT2D eigenvalue weighted by atomic mass is 15.2. The molecule has 2 atom stereocenters. The Labute approximate surface area is 119 Å². The molecule has 3 heteroatoms. The van der Waals surface area contributed by atoms with Gasteiger partial charge in [-0.1, -0.05) is 13.8 Å². The van der Waals surface area contributed by atoms with E-state index in [1.165, 1.54) is 6.42 Å². The van der Waals surface area contributed by atoms with Crippen molar-refractivity contribution in [1.29, 1.82) is 5.26 Å². The van der Waals surface area contributed by atoms with Gasteiger partial charge in [-0.15, -0.1) is 0 Å². The van der Waals surface area contributed by atoms with Crippen LogP contribution in [0, 0.1) is 11.3 Å². The molecule has 0 spiro atoms. The summed E-state index contributed by atoms with van der Waals surface area (Å²) < 4.78 is 0. The van der Waals surface area contributed by atoms with E-state index < -0.39 is 0 Å². The molecule has 1 N–H and O–H groups in total. The van der Waals surface area contributed by atoms with Gasteiger partial charge in [-0.25, -0.2) is 0 Å². The molecule has 0 bridgehead atoms. The second-order valence-corrected chi connectivity index (χ2v) is 6.65. The first-order valence-corrected chi connectivity index (χ1v) is 7.80. The molecule has 1 saturated carbocycles. The monoisotopic (exact) mass is 265 g/mol. The average Bonchev–Trinajstić information content (AvgIpc) is 2.44. The number of rotatable bonds is 6. The van der Waals surface area contributed by atoms with Crippen LogP contribution in [0.3, 0.4) is 0 Å². The van der Waals surface area contributed by atoms with Crippen LogP contribution >= 0.6 is 0 Å². The lowest BCUT2D eigenvalue weighted by Gasteiger charge is -2.46. The molecule has 2 unspecified atom stereocenters.